The minimum absolute atomic E-state index is 0.0340. The topological polar surface area (TPSA) is 75.9 Å². The molecule has 1 fully saturated rings. The van der Waals surface area contributed by atoms with Crippen molar-refractivity contribution in [2.75, 3.05) is 17.2 Å². The SMILES string of the molecule is CCCNc1cc(C(C)(C)C)c2nc(-c3nnc(NC4CC4)o3)cc(C)c2c1. The molecule has 0 radical (unpaired) electrons. The van der Waals surface area contributed by atoms with Gasteiger partial charge in [0.05, 0.1) is 5.52 Å². The third kappa shape index (κ3) is 3.81. The predicted molar refractivity (Wildman–Crippen MR) is 114 cm³/mol. The van der Waals surface area contributed by atoms with Crippen molar-refractivity contribution < 1.29 is 4.42 Å². The van der Waals surface area contributed by atoms with Gasteiger partial charge in [0.15, 0.2) is 0 Å². The van der Waals surface area contributed by atoms with Crippen molar-refractivity contribution in [1.82, 2.24) is 15.2 Å². The van der Waals surface area contributed by atoms with Gasteiger partial charge in [-0.3, -0.25) is 0 Å². The number of pyridine rings is 1. The molecule has 0 bridgehead atoms. The van der Waals surface area contributed by atoms with Crippen LogP contribution in [0.1, 0.15) is 58.1 Å². The van der Waals surface area contributed by atoms with Gasteiger partial charge in [-0.25, -0.2) is 4.98 Å². The Balaban J connectivity index is 1.80. The minimum atomic E-state index is -0.0340. The fourth-order valence-electron chi connectivity index (χ4n) is 3.33. The van der Waals surface area contributed by atoms with Gasteiger partial charge in [-0.05, 0) is 60.9 Å². The first-order valence-corrected chi connectivity index (χ1v) is 10.2. The largest absolute Gasteiger partial charge is 0.402 e. The Morgan fingerprint density at radius 2 is 1.93 bits per heavy atom. The molecule has 0 saturated heterocycles. The van der Waals surface area contributed by atoms with Crippen molar-refractivity contribution in [1.29, 1.82) is 0 Å². The number of nitrogens with one attached hydrogen (secondary N) is 2. The van der Waals surface area contributed by atoms with Gasteiger partial charge in [-0.2, -0.15) is 0 Å². The lowest BCUT2D eigenvalue weighted by Crippen LogP contribution is -2.14. The van der Waals surface area contributed by atoms with E-state index in [1.807, 2.05) is 6.07 Å². The summed E-state index contributed by atoms with van der Waals surface area (Å²) in [6.07, 6.45) is 3.41. The van der Waals surface area contributed by atoms with E-state index >= 15 is 0 Å². The van der Waals surface area contributed by atoms with E-state index in [0.29, 0.717) is 17.9 Å². The van der Waals surface area contributed by atoms with Gasteiger partial charge in [0.1, 0.15) is 5.69 Å². The summed E-state index contributed by atoms with van der Waals surface area (Å²) in [7, 11) is 0. The van der Waals surface area contributed by atoms with Crippen LogP contribution in [0.2, 0.25) is 0 Å². The fourth-order valence-corrected chi connectivity index (χ4v) is 3.33. The van der Waals surface area contributed by atoms with Crippen molar-refractivity contribution >= 4 is 22.6 Å². The van der Waals surface area contributed by atoms with Gasteiger partial charge >= 0.3 is 6.01 Å². The minimum Gasteiger partial charge on any atom is -0.402 e. The van der Waals surface area contributed by atoms with Crippen molar-refractivity contribution in [3.8, 4) is 11.6 Å². The van der Waals surface area contributed by atoms with Crippen LogP contribution in [-0.4, -0.2) is 27.8 Å². The highest BCUT2D eigenvalue weighted by Gasteiger charge is 2.24. The first kappa shape index (κ1) is 18.7. The van der Waals surface area contributed by atoms with E-state index in [4.69, 9.17) is 9.40 Å². The Morgan fingerprint density at radius 3 is 2.61 bits per heavy atom. The number of anilines is 2. The number of hydrogen-bond acceptors (Lipinski definition) is 6. The van der Waals surface area contributed by atoms with Crippen molar-refractivity contribution in [3.05, 3.63) is 29.3 Å². The van der Waals surface area contributed by atoms with Crippen LogP contribution in [0.25, 0.3) is 22.5 Å². The Bertz CT molecular complexity index is 998. The van der Waals surface area contributed by atoms with Crippen LogP contribution in [0.15, 0.2) is 22.6 Å². The molecule has 0 aliphatic heterocycles. The first-order chi connectivity index (χ1) is 13.3. The number of hydrogen-bond donors (Lipinski definition) is 2. The van der Waals surface area contributed by atoms with Gasteiger partial charge in [0, 0.05) is 23.7 Å². The quantitative estimate of drug-likeness (QED) is 0.606. The van der Waals surface area contributed by atoms with Crippen LogP contribution in [0, 0.1) is 6.92 Å². The Hall–Kier alpha value is -2.63. The van der Waals surface area contributed by atoms with E-state index in [0.717, 1.165) is 53.7 Å². The number of rotatable bonds is 6. The maximum absolute atomic E-state index is 5.82. The van der Waals surface area contributed by atoms with Gasteiger partial charge < -0.3 is 15.1 Å². The normalized spacial score (nSPS) is 14.5. The second-order valence-corrected chi connectivity index (χ2v) is 8.75. The van der Waals surface area contributed by atoms with Crippen LogP contribution in [0.5, 0.6) is 0 Å². The summed E-state index contributed by atoms with van der Waals surface area (Å²) in [5, 5.41) is 16.3. The van der Waals surface area contributed by atoms with Gasteiger partial charge in [-0.1, -0.05) is 32.8 Å². The first-order valence-electron chi connectivity index (χ1n) is 10.2. The molecule has 0 spiro atoms. The Kier molecular flexibility index (Phi) is 4.73. The zero-order valence-electron chi connectivity index (χ0n) is 17.4. The summed E-state index contributed by atoms with van der Waals surface area (Å²) in [5.41, 5.74) is 5.20. The molecule has 0 amide bonds. The summed E-state index contributed by atoms with van der Waals surface area (Å²) in [5.74, 6) is 0.459. The molecule has 1 aliphatic rings. The number of benzene rings is 1. The summed E-state index contributed by atoms with van der Waals surface area (Å²) in [6, 6.07) is 7.41. The predicted octanol–water partition coefficient (Wildman–Crippen LogP) is 5.29. The summed E-state index contributed by atoms with van der Waals surface area (Å²) < 4.78 is 5.82. The molecule has 2 aromatic heterocycles. The molecular weight excluding hydrogens is 350 g/mol. The van der Waals surface area contributed by atoms with Crippen LogP contribution in [0.4, 0.5) is 11.7 Å². The molecule has 1 aromatic carbocycles. The summed E-state index contributed by atoms with van der Waals surface area (Å²) in [6.45, 7) is 11.9. The Morgan fingerprint density at radius 1 is 1.14 bits per heavy atom. The van der Waals surface area contributed by atoms with Gasteiger partial charge in [0.25, 0.3) is 5.89 Å². The molecular formula is C22H29N5O. The monoisotopic (exact) mass is 379 g/mol. The highest BCUT2D eigenvalue weighted by Crippen LogP contribution is 2.35. The van der Waals surface area contributed by atoms with Crippen LogP contribution >= 0.6 is 0 Å². The molecule has 0 unspecified atom stereocenters. The van der Waals surface area contributed by atoms with Crippen LogP contribution in [-0.2, 0) is 5.41 Å². The number of nitrogens with zero attached hydrogens (tertiary/aromatic N) is 3. The van der Waals surface area contributed by atoms with E-state index in [-0.39, 0.29) is 5.41 Å². The van der Waals surface area contributed by atoms with E-state index < -0.39 is 0 Å². The molecule has 4 rings (SSSR count). The van der Waals surface area contributed by atoms with Crippen LogP contribution in [0.3, 0.4) is 0 Å². The summed E-state index contributed by atoms with van der Waals surface area (Å²) >= 11 is 0. The zero-order chi connectivity index (χ0) is 19.9. The third-order valence-corrected chi connectivity index (χ3v) is 5.06. The van der Waals surface area contributed by atoms with Crippen LogP contribution < -0.4 is 10.6 Å². The average molecular weight is 380 g/mol. The standard InChI is InChI=1S/C22H29N5O/c1-6-9-23-15-11-16-13(2)10-18(25-19(16)17(12-15)22(3,4)5)20-26-27-21(28-20)24-14-7-8-14/h10-12,14,23H,6-9H2,1-5H3,(H,24,27). The van der Waals surface area contributed by atoms with Crippen molar-refractivity contribution in [2.45, 2.75) is 65.3 Å². The van der Waals surface area contributed by atoms with E-state index in [9.17, 15) is 0 Å². The highest BCUT2D eigenvalue weighted by atomic mass is 16.4. The lowest BCUT2D eigenvalue weighted by molar-refractivity contribution is 0.577. The van der Waals surface area contributed by atoms with Crippen molar-refractivity contribution in [2.24, 2.45) is 0 Å². The highest BCUT2D eigenvalue weighted by molar-refractivity contribution is 5.90. The third-order valence-electron chi connectivity index (χ3n) is 5.06. The zero-order valence-corrected chi connectivity index (χ0v) is 17.4. The molecule has 2 heterocycles. The molecule has 0 atom stereocenters. The molecule has 148 valence electrons. The molecule has 3 aromatic rings. The molecule has 6 nitrogen and oxygen atoms in total. The smallest absolute Gasteiger partial charge is 0.316 e. The second kappa shape index (κ2) is 7.08. The average Bonchev–Trinajstić information content (AvgIpc) is 3.33. The second-order valence-electron chi connectivity index (χ2n) is 8.75. The molecule has 6 heteroatoms. The molecule has 2 N–H and O–H groups in total. The maximum atomic E-state index is 5.82. The molecule has 28 heavy (non-hydrogen) atoms. The van der Waals surface area contributed by atoms with Gasteiger partial charge in [-0.15, -0.1) is 5.10 Å². The summed E-state index contributed by atoms with van der Waals surface area (Å²) in [4.78, 5) is 4.95. The number of fused-ring (bicyclic) bond motifs is 1. The number of aryl methyl sites for hydroxylation is 1. The molecule has 1 aliphatic carbocycles. The molecule has 1 saturated carbocycles. The van der Waals surface area contributed by atoms with E-state index in [1.54, 1.807) is 0 Å². The van der Waals surface area contributed by atoms with Gasteiger partial charge in [0.2, 0.25) is 0 Å². The number of aromatic nitrogens is 3. The Labute approximate surface area is 166 Å². The lowest BCUT2D eigenvalue weighted by atomic mass is 9.84. The fraction of sp³-hybridized carbons (Fsp3) is 0.500. The maximum Gasteiger partial charge on any atom is 0.316 e. The van der Waals surface area contributed by atoms with E-state index in [1.165, 1.54) is 5.56 Å². The van der Waals surface area contributed by atoms with E-state index in [2.05, 4.69) is 67.6 Å². The lowest BCUT2D eigenvalue weighted by Gasteiger charge is -2.23. The van der Waals surface area contributed by atoms with Crippen molar-refractivity contribution in [3.63, 3.8) is 0 Å².